The maximum atomic E-state index is 12.7. The Labute approximate surface area is 101 Å². The van der Waals surface area contributed by atoms with E-state index < -0.39 is 37.0 Å². The SMILES string of the molecule is NC(=O)OC[C@@H](CO)c1ccccc1C(F)(F)F. The average molecular weight is 263 g/mol. The number of aliphatic hydroxyl groups excluding tert-OH is 1. The smallest absolute Gasteiger partial charge is 0.416 e. The van der Waals surface area contributed by atoms with E-state index >= 15 is 0 Å². The zero-order valence-corrected chi connectivity index (χ0v) is 9.28. The second-order valence-electron chi connectivity index (χ2n) is 3.59. The van der Waals surface area contributed by atoms with Gasteiger partial charge in [0.25, 0.3) is 0 Å². The van der Waals surface area contributed by atoms with E-state index in [4.69, 9.17) is 10.8 Å². The van der Waals surface area contributed by atoms with Crippen molar-refractivity contribution >= 4 is 6.09 Å². The number of benzene rings is 1. The van der Waals surface area contributed by atoms with Crippen LogP contribution in [0.2, 0.25) is 0 Å². The van der Waals surface area contributed by atoms with Crippen LogP contribution in [0.25, 0.3) is 0 Å². The molecule has 1 atom stereocenters. The summed E-state index contributed by atoms with van der Waals surface area (Å²) in [6, 6.07) is 4.80. The fraction of sp³-hybridized carbons (Fsp3) is 0.364. The van der Waals surface area contributed by atoms with E-state index in [2.05, 4.69) is 4.74 Å². The van der Waals surface area contributed by atoms with E-state index in [1.165, 1.54) is 18.2 Å². The van der Waals surface area contributed by atoms with E-state index in [9.17, 15) is 18.0 Å². The Morgan fingerprint density at radius 2 is 2.00 bits per heavy atom. The van der Waals surface area contributed by atoms with E-state index in [0.717, 1.165) is 6.07 Å². The summed E-state index contributed by atoms with van der Waals surface area (Å²) in [5.41, 5.74) is 3.74. The van der Waals surface area contributed by atoms with Crippen molar-refractivity contribution in [1.29, 1.82) is 0 Å². The second kappa shape index (κ2) is 5.72. The van der Waals surface area contributed by atoms with Crippen LogP contribution in [0, 0.1) is 0 Å². The first-order chi connectivity index (χ1) is 8.36. The minimum absolute atomic E-state index is 0.131. The van der Waals surface area contributed by atoms with Crippen molar-refractivity contribution in [3.05, 3.63) is 35.4 Å². The van der Waals surface area contributed by atoms with E-state index in [0.29, 0.717) is 0 Å². The van der Waals surface area contributed by atoms with Crippen LogP contribution in [0.3, 0.4) is 0 Å². The van der Waals surface area contributed by atoms with Crippen LogP contribution in [-0.2, 0) is 10.9 Å². The molecule has 1 amide bonds. The van der Waals surface area contributed by atoms with E-state index in [-0.39, 0.29) is 5.56 Å². The lowest BCUT2D eigenvalue weighted by molar-refractivity contribution is -0.138. The number of carbonyl (C=O) groups excluding carboxylic acids is 1. The molecule has 0 unspecified atom stereocenters. The first kappa shape index (κ1) is 14.3. The summed E-state index contributed by atoms with van der Waals surface area (Å²) < 4.78 is 42.6. The minimum atomic E-state index is -4.53. The Bertz CT molecular complexity index is 420. The Morgan fingerprint density at radius 1 is 1.39 bits per heavy atom. The van der Waals surface area contributed by atoms with Crippen LogP contribution < -0.4 is 5.73 Å². The molecule has 0 aliphatic rings. The number of amides is 1. The third-order valence-electron chi connectivity index (χ3n) is 2.35. The molecule has 0 aromatic heterocycles. The van der Waals surface area contributed by atoms with Crippen LogP contribution in [0.5, 0.6) is 0 Å². The number of ether oxygens (including phenoxy) is 1. The van der Waals surface area contributed by atoms with Crippen LogP contribution in [0.15, 0.2) is 24.3 Å². The molecule has 18 heavy (non-hydrogen) atoms. The van der Waals surface area contributed by atoms with Gasteiger partial charge in [0.2, 0.25) is 0 Å². The number of nitrogens with two attached hydrogens (primary N) is 1. The number of rotatable bonds is 4. The maximum Gasteiger partial charge on any atom is 0.416 e. The number of carbonyl (C=O) groups is 1. The van der Waals surface area contributed by atoms with Crippen LogP contribution >= 0.6 is 0 Å². The predicted octanol–water partition coefficient (Wildman–Crippen LogP) is 1.88. The summed E-state index contributed by atoms with van der Waals surface area (Å²) in [5.74, 6) is -0.963. The number of primary amides is 1. The molecule has 1 aromatic carbocycles. The molecule has 1 rings (SSSR count). The van der Waals surface area contributed by atoms with Gasteiger partial charge >= 0.3 is 12.3 Å². The Morgan fingerprint density at radius 3 is 2.50 bits per heavy atom. The average Bonchev–Trinajstić information content (AvgIpc) is 2.29. The number of halogens is 3. The summed E-state index contributed by atoms with van der Waals surface area (Å²) in [7, 11) is 0. The van der Waals surface area contributed by atoms with E-state index in [1.807, 2.05) is 0 Å². The molecule has 0 heterocycles. The first-order valence-corrected chi connectivity index (χ1v) is 5.05. The number of aliphatic hydroxyl groups is 1. The molecule has 4 nitrogen and oxygen atoms in total. The monoisotopic (exact) mass is 263 g/mol. The summed E-state index contributed by atoms with van der Waals surface area (Å²) in [5, 5.41) is 9.08. The first-order valence-electron chi connectivity index (χ1n) is 5.05. The fourth-order valence-electron chi connectivity index (χ4n) is 1.53. The molecule has 0 spiro atoms. The molecule has 0 bridgehead atoms. The van der Waals surface area contributed by atoms with Gasteiger partial charge in [-0.05, 0) is 11.6 Å². The molecule has 1 aromatic rings. The molecule has 3 N–H and O–H groups in total. The largest absolute Gasteiger partial charge is 0.449 e. The topological polar surface area (TPSA) is 72.6 Å². The Balaban J connectivity index is 3.02. The number of hydrogen-bond acceptors (Lipinski definition) is 3. The quantitative estimate of drug-likeness (QED) is 0.871. The lowest BCUT2D eigenvalue weighted by Crippen LogP contribution is -2.22. The number of hydrogen-bond donors (Lipinski definition) is 2. The minimum Gasteiger partial charge on any atom is -0.449 e. The van der Waals surface area contributed by atoms with Gasteiger partial charge in [-0.15, -0.1) is 0 Å². The van der Waals surface area contributed by atoms with Gasteiger partial charge < -0.3 is 15.6 Å². The third-order valence-corrected chi connectivity index (χ3v) is 2.35. The molecule has 0 fully saturated rings. The molecule has 0 saturated heterocycles. The standard InChI is InChI=1S/C11H12F3NO3/c12-11(13,14)9-4-2-1-3-8(9)7(5-16)6-18-10(15)17/h1-4,7,16H,5-6H2,(H2,15,17)/t7-/m1/s1. The van der Waals surface area contributed by atoms with Crippen molar-refractivity contribution < 1.29 is 27.8 Å². The zero-order chi connectivity index (χ0) is 13.8. The highest BCUT2D eigenvalue weighted by atomic mass is 19.4. The van der Waals surface area contributed by atoms with E-state index in [1.54, 1.807) is 0 Å². The zero-order valence-electron chi connectivity index (χ0n) is 9.28. The summed E-state index contributed by atoms with van der Waals surface area (Å²) >= 11 is 0. The van der Waals surface area contributed by atoms with Gasteiger partial charge in [-0.25, -0.2) is 4.79 Å². The Hall–Kier alpha value is -1.76. The van der Waals surface area contributed by atoms with Gasteiger partial charge in [0.15, 0.2) is 0 Å². The molecule has 0 aliphatic carbocycles. The van der Waals surface area contributed by atoms with Gasteiger partial charge in [-0.1, -0.05) is 18.2 Å². The van der Waals surface area contributed by atoms with Crippen molar-refractivity contribution in [1.82, 2.24) is 0 Å². The summed E-state index contributed by atoms with van der Waals surface area (Å²) in [4.78, 5) is 10.4. The normalized spacial score (nSPS) is 13.1. The highest BCUT2D eigenvalue weighted by Gasteiger charge is 2.34. The van der Waals surface area contributed by atoms with Crippen molar-refractivity contribution in [3.63, 3.8) is 0 Å². The lowest BCUT2D eigenvalue weighted by atomic mass is 9.95. The predicted molar refractivity (Wildman–Crippen MR) is 56.8 cm³/mol. The fourth-order valence-corrected chi connectivity index (χ4v) is 1.53. The molecule has 0 aliphatic heterocycles. The van der Waals surface area contributed by atoms with Gasteiger partial charge in [0.05, 0.1) is 12.2 Å². The van der Waals surface area contributed by atoms with Crippen molar-refractivity contribution in [2.45, 2.75) is 12.1 Å². The molecule has 0 saturated carbocycles. The molecular formula is C11H12F3NO3. The highest BCUT2D eigenvalue weighted by molar-refractivity contribution is 5.64. The van der Waals surface area contributed by atoms with Gasteiger partial charge in [0.1, 0.15) is 6.61 Å². The molecule has 0 radical (unpaired) electrons. The second-order valence-corrected chi connectivity index (χ2v) is 3.59. The summed E-state index contributed by atoms with van der Waals surface area (Å²) in [6.45, 7) is -0.987. The summed E-state index contributed by atoms with van der Waals surface area (Å²) in [6.07, 6.45) is -5.63. The van der Waals surface area contributed by atoms with Crippen LogP contribution in [0.4, 0.5) is 18.0 Å². The van der Waals surface area contributed by atoms with Crippen molar-refractivity contribution in [2.75, 3.05) is 13.2 Å². The molecule has 7 heteroatoms. The lowest BCUT2D eigenvalue weighted by Gasteiger charge is -2.19. The van der Waals surface area contributed by atoms with Crippen LogP contribution in [0.1, 0.15) is 17.0 Å². The van der Waals surface area contributed by atoms with Crippen molar-refractivity contribution in [3.8, 4) is 0 Å². The Kier molecular flexibility index (Phi) is 4.55. The van der Waals surface area contributed by atoms with Gasteiger partial charge in [-0.2, -0.15) is 13.2 Å². The number of alkyl halides is 3. The van der Waals surface area contributed by atoms with Crippen molar-refractivity contribution in [2.24, 2.45) is 5.73 Å². The van der Waals surface area contributed by atoms with Gasteiger partial charge in [0, 0.05) is 5.92 Å². The van der Waals surface area contributed by atoms with Gasteiger partial charge in [-0.3, -0.25) is 0 Å². The van der Waals surface area contributed by atoms with Crippen LogP contribution in [-0.4, -0.2) is 24.4 Å². The third kappa shape index (κ3) is 3.63. The maximum absolute atomic E-state index is 12.7. The highest BCUT2D eigenvalue weighted by Crippen LogP contribution is 2.35. The molecular weight excluding hydrogens is 251 g/mol. The molecule has 100 valence electrons.